The molecule has 1 unspecified atom stereocenters. The summed E-state index contributed by atoms with van der Waals surface area (Å²) in [6, 6.07) is 7.76. The maximum atomic E-state index is 11.0. The van der Waals surface area contributed by atoms with E-state index in [0.29, 0.717) is 6.61 Å². The molecular weight excluding hydrogens is 190 g/mol. The van der Waals surface area contributed by atoms with Crippen molar-refractivity contribution in [3.63, 3.8) is 0 Å². The molecule has 15 heavy (non-hydrogen) atoms. The highest BCUT2D eigenvalue weighted by Crippen LogP contribution is 2.27. The van der Waals surface area contributed by atoms with E-state index in [1.54, 1.807) is 4.90 Å². The van der Waals surface area contributed by atoms with Gasteiger partial charge in [0, 0.05) is 6.61 Å². The zero-order valence-electron chi connectivity index (χ0n) is 8.59. The summed E-state index contributed by atoms with van der Waals surface area (Å²) in [5.41, 5.74) is 1.94. The van der Waals surface area contributed by atoms with Crippen LogP contribution in [-0.2, 0) is 9.53 Å². The molecule has 0 fully saturated rings. The Labute approximate surface area is 89.0 Å². The molecule has 3 heteroatoms. The monoisotopic (exact) mass is 203 g/mol. The Kier molecular flexibility index (Phi) is 2.83. The first-order valence-electron chi connectivity index (χ1n) is 4.99. The third-order valence-electron chi connectivity index (χ3n) is 2.38. The number of carbonyl (C=O) groups is 1. The number of amides is 1. The van der Waals surface area contributed by atoms with Crippen LogP contribution in [0.15, 0.2) is 30.3 Å². The SMILES string of the molecule is CCOC1C=Cc2ccccc2N1C=O. The van der Waals surface area contributed by atoms with Crippen molar-refractivity contribution in [2.75, 3.05) is 11.5 Å². The quantitative estimate of drug-likeness (QED) is 0.703. The zero-order chi connectivity index (χ0) is 10.7. The minimum Gasteiger partial charge on any atom is -0.355 e. The van der Waals surface area contributed by atoms with Crippen LogP contribution in [0.25, 0.3) is 6.08 Å². The number of fused-ring (bicyclic) bond motifs is 1. The lowest BCUT2D eigenvalue weighted by Crippen LogP contribution is -2.36. The van der Waals surface area contributed by atoms with E-state index in [1.165, 1.54) is 0 Å². The van der Waals surface area contributed by atoms with Gasteiger partial charge in [-0.05, 0) is 24.6 Å². The fourth-order valence-electron chi connectivity index (χ4n) is 1.70. The Bertz CT molecular complexity index is 387. The van der Waals surface area contributed by atoms with Gasteiger partial charge in [0.1, 0.15) is 0 Å². The summed E-state index contributed by atoms with van der Waals surface area (Å²) >= 11 is 0. The predicted molar refractivity (Wildman–Crippen MR) is 59.4 cm³/mol. The molecule has 78 valence electrons. The highest BCUT2D eigenvalue weighted by atomic mass is 16.5. The van der Waals surface area contributed by atoms with E-state index in [0.717, 1.165) is 17.7 Å². The zero-order valence-corrected chi connectivity index (χ0v) is 8.59. The van der Waals surface area contributed by atoms with Crippen LogP contribution in [0.3, 0.4) is 0 Å². The number of benzene rings is 1. The molecule has 1 aromatic rings. The van der Waals surface area contributed by atoms with Gasteiger partial charge < -0.3 is 4.74 Å². The molecule has 0 N–H and O–H groups in total. The molecule has 3 nitrogen and oxygen atoms in total. The number of ether oxygens (including phenoxy) is 1. The number of hydrogen-bond donors (Lipinski definition) is 0. The van der Waals surface area contributed by atoms with E-state index in [1.807, 2.05) is 43.3 Å². The highest BCUT2D eigenvalue weighted by molar-refractivity contribution is 5.84. The van der Waals surface area contributed by atoms with Crippen molar-refractivity contribution in [2.45, 2.75) is 13.2 Å². The third kappa shape index (κ3) is 1.78. The molecule has 2 rings (SSSR count). The number of carbonyl (C=O) groups excluding carboxylic acids is 1. The summed E-state index contributed by atoms with van der Waals surface area (Å²) in [5, 5.41) is 0. The number of hydrogen-bond acceptors (Lipinski definition) is 2. The normalized spacial score (nSPS) is 18.7. The largest absolute Gasteiger partial charge is 0.355 e. The average Bonchev–Trinajstić information content (AvgIpc) is 2.29. The summed E-state index contributed by atoms with van der Waals surface area (Å²) in [6.07, 6.45) is 4.40. The van der Waals surface area contributed by atoms with Crippen molar-refractivity contribution in [1.82, 2.24) is 0 Å². The van der Waals surface area contributed by atoms with E-state index in [9.17, 15) is 4.79 Å². The Morgan fingerprint density at radius 1 is 1.47 bits per heavy atom. The second kappa shape index (κ2) is 4.28. The van der Waals surface area contributed by atoms with Gasteiger partial charge in [-0.2, -0.15) is 0 Å². The Hall–Kier alpha value is -1.61. The van der Waals surface area contributed by atoms with Gasteiger partial charge >= 0.3 is 0 Å². The van der Waals surface area contributed by atoms with E-state index >= 15 is 0 Å². The van der Waals surface area contributed by atoms with Gasteiger partial charge in [0.15, 0.2) is 6.23 Å². The molecule has 0 saturated carbocycles. The standard InChI is InChI=1S/C12H13NO2/c1-2-15-12-8-7-10-5-3-4-6-11(10)13(12)9-14/h3-9,12H,2H2,1H3. The molecule has 0 bridgehead atoms. The van der Waals surface area contributed by atoms with Gasteiger partial charge in [-0.15, -0.1) is 0 Å². The lowest BCUT2D eigenvalue weighted by Gasteiger charge is -2.29. The molecule has 1 atom stereocenters. The second-order valence-electron chi connectivity index (χ2n) is 3.28. The summed E-state index contributed by atoms with van der Waals surface area (Å²) < 4.78 is 5.45. The fraction of sp³-hybridized carbons (Fsp3) is 0.250. The first-order valence-corrected chi connectivity index (χ1v) is 4.99. The Morgan fingerprint density at radius 2 is 2.27 bits per heavy atom. The average molecular weight is 203 g/mol. The van der Waals surface area contributed by atoms with Crippen molar-refractivity contribution < 1.29 is 9.53 Å². The summed E-state index contributed by atoms with van der Waals surface area (Å²) in [6.45, 7) is 2.50. The molecule has 0 aliphatic carbocycles. The lowest BCUT2D eigenvalue weighted by atomic mass is 10.1. The third-order valence-corrected chi connectivity index (χ3v) is 2.38. The molecule has 0 spiro atoms. The Balaban J connectivity index is 2.37. The van der Waals surface area contributed by atoms with Crippen LogP contribution in [0.2, 0.25) is 0 Å². The summed E-state index contributed by atoms with van der Waals surface area (Å²) in [7, 11) is 0. The summed E-state index contributed by atoms with van der Waals surface area (Å²) in [4.78, 5) is 12.6. The van der Waals surface area contributed by atoms with Crippen molar-refractivity contribution in [1.29, 1.82) is 0 Å². The molecular formula is C12H13NO2. The van der Waals surface area contributed by atoms with E-state index in [-0.39, 0.29) is 6.23 Å². The molecule has 1 aliphatic rings. The van der Waals surface area contributed by atoms with Gasteiger partial charge in [0.2, 0.25) is 6.41 Å². The maximum Gasteiger partial charge on any atom is 0.216 e. The van der Waals surface area contributed by atoms with Crippen molar-refractivity contribution in [3.8, 4) is 0 Å². The van der Waals surface area contributed by atoms with Crippen LogP contribution in [-0.4, -0.2) is 19.2 Å². The van der Waals surface area contributed by atoms with Crippen LogP contribution in [0.5, 0.6) is 0 Å². The van der Waals surface area contributed by atoms with E-state index in [4.69, 9.17) is 4.74 Å². The molecule has 1 heterocycles. The van der Waals surface area contributed by atoms with E-state index in [2.05, 4.69) is 0 Å². The van der Waals surface area contributed by atoms with E-state index < -0.39 is 0 Å². The van der Waals surface area contributed by atoms with Crippen molar-refractivity contribution in [2.24, 2.45) is 0 Å². The molecule has 0 radical (unpaired) electrons. The minimum atomic E-state index is -0.276. The van der Waals surface area contributed by atoms with Gasteiger partial charge in [-0.25, -0.2) is 0 Å². The summed E-state index contributed by atoms with van der Waals surface area (Å²) in [5.74, 6) is 0. The number of para-hydroxylation sites is 1. The lowest BCUT2D eigenvalue weighted by molar-refractivity contribution is -0.109. The first kappa shape index (κ1) is 9.93. The fourth-order valence-corrected chi connectivity index (χ4v) is 1.70. The van der Waals surface area contributed by atoms with Crippen LogP contribution in [0.4, 0.5) is 5.69 Å². The molecule has 1 amide bonds. The molecule has 1 aromatic carbocycles. The van der Waals surface area contributed by atoms with Crippen LogP contribution >= 0.6 is 0 Å². The number of nitrogens with zero attached hydrogens (tertiary/aromatic N) is 1. The number of anilines is 1. The first-order chi connectivity index (χ1) is 7.36. The Morgan fingerprint density at radius 3 is 3.00 bits per heavy atom. The van der Waals surface area contributed by atoms with Crippen molar-refractivity contribution >= 4 is 18.2 Å². The topological polar surface area (TPSA) is 29.5 Å². The van der Waals surface area contributed by atoms with Gasteiger partial charge in [0.05, 0.1) is 5.69 Å². The minimum absolute atomic E-state index is 0.276. The highest BCUT2D eigenvalue weighted by Gasteiger charge is 2.21. The van der Waals surface area contributed by atoms with Crippen LogP contribution in [0, 0.1) is 0 Å². The molecule has 1 aliphatic heterocycles. The van der Waals surface area contributed by atoms with Crippen LogP contribution < -0.4 is 4.90 Å². The molecule has 0 aromatic heterocycles. The van der Waals surface area contributed by atoms with Gasteiger partial charge in [-0.3, -0.25) is 9.69 Å². The van der Waals surface area contributed by atoms with Gasteiger partial charge in [-0.1, -0.05) is 24.3 Å². The van der Waals surface area contributed by atoms with Gasteiger partial charge in [0.25, 0.3) is 0 Å². The maximum absolute atomic E-state index is 11.0. The van der Waals surface area contributed by atoms with Crippen LogP contribution in [0.1, 0.15) is 12.5 Å². The smallest absolute Gasteiger partial charge is 0.216 e. The molecule has 0 saturated heterocycles. The predicted octanol–water partition coefficient (Wildman–Crippen LogP) is 2.04. The van der Waals surface area contributed by atoms with Crippen molar-refractivity contribution in [3.05, 3.63) is 35.9 Å². The number of rotatable bonds is 3. The second-order valence-corrected chi connectivity index (χ2v) is 3.28.